The normalized spacial score (nSPS) is 11.0. The summed E-state index contributed by atoms with van der Waals surface area (Å²) in [4.78, 5) is 11.1. The van der Waals surface area contributed by atoms with Gasteiger partial charge in [0.25, 0.3) is 6.43 Å². The highest BCUT2D eigenvalue weighted by Crippen LogP contribution is 2.15. The number of carboxylic acid groups (broad SMARTS) is 1. The molecule has 7 heteroatoms. The van der Waals surface area contributed by atoms with Crippen molar-refractivity contribution >= 4 is 5.97 Å². The molecular formula is C13H13F2N3O2. The van der Waals surface area contributed by atoms with E-state index in [2.05, 4.69) is 10.3 Å². The van der Waals surface area contributed by atoms with Crippen LogP contribution in [-0.2, 0) is 13.0 Å². The number of hydrogen-bond donors (Lipinski definition) is 1. The molecule has 1 aromatic heterocycles. The van der Waals surface area contributed by atoms with Crippen LogP contribution in [-0.4, -0.2) is 32.5 Å². The molecule has 0 aliphatic rings. The molecule has 0 fully saturated rings. The number of carboxylic acids is 1. The Morgan fingerprint density at radius 2 is 2.20 bits per heavy atom. The zero-order valence-electron chi connectivity index (χ0n) is 10.8. The number of hydrogen-bond acceptors (Lipinski definition) is 3. The van der Waals surface area contributed by atoms with E-state index in [0.29, 0.717) is 0 Å². The average Bonchev–Trinajstić information content (AvgIpc) is 2.72. The lowest BCUT2D eigenvalue weighted by Crippen LogP contribution is -2.13. The molecule has 0 bridgehead atoms. The molecule has 0 saturated heterocycles. The summed E-state index contributed by atoms with van der Waals surface area (Å²) in [5.74, 6) is -1.27. The first-order valence-electron chi connectivity index (χ1n) is 5.96. The zero-order valence-corrected chi connectivity index (χ0v) is 10.8. The lowest BCUT2D eigenvalue weighted by Gasteiger charge is -2.07. The molecule has 0 amide bonds. The minimum atomic E-state index is -2.62. The maximum absolute atomic E-state index is 12.5. The quantitative estimate of drug-likeness (QED) is 0.911. The van der Waals surface area contributed by atoms with E-state index in [1.54, 1.807) is 6.07 Å². The highest BCUT2D eigenvalue weighted by Gasteiger charge is 2.21. The molecule has 0 unspecified atom stereocenters. The van der Waals surface area contributed by atoms with Crippen molar-refractivity contribution in [3.8, 4) is 0 Å². The van der Waals surface area contributed by atoms with Crippen molar-refractivity contribution < 1.29 is 18.7 Å². The van der Waals surface area contributed by atoms with Gasteiger partial charge in [0.15, 0.2) is 5.69 Å². The van der Waals surface area contributed by atoms with Crippen LogP contribution < -0.4 is 0 Å². The largest absolute Gasteiger partial charge is 0.476 e. The number of carbonyl (C=O) groups is 1. The van der Waals surface area contributed by atoms with Gasteiger partial charge in [-0.05, 0) is 12.5 Å². The average molecular weight is 281 g/mol. The van der Waals surface area contributed by atoms with Crippen LogP contribution in [0.2, 0.25) is 0 Å². The van der Waals surface area contributed by atoms with E-state index in [9.17, 15) is 13.6 Å². The number of nitrogens with zero attached hydrogens (tertiary/aromatic N) is 3. The van der Waals surface area contributed by atoms with Gasteiger partial charge in [0.1, 0.15) is 6.54 Å². The highest BCUT2D eigenvalue weighted by molar-refractivity contribution is 5.86. The third-order valence-electron chi connectivity index (χ3n) is 2.81. The molecule has 2 aromatic rings. The van der Waals surface area contributed by atoms with Crippen LogP contribution >= 0.6 is 0 Å². The van der Waals surface area contributed by atoms with Crippen molar-refractivity contribution in [2.75, 3.05) is 0 Å². The topological polar surface area (TPSA) is 68.0 Å². The molecule has 0 spiro atoms. The third kappa shape index (κ3) is 3.17. The summed E-state index contributed by atoms with van der Waals surface area (Å²) in [7, 11) is 0. The molecule has 0 radical (unpaired) electrons. The van der Waals surface area contributed by atoms with Gasteiger partial charge in [0.2, 0.25) is 0 Å². The predicted molar refractivity (Wildman–Crippen MR) is 67.0 cm³/mol. The van der Waals surface area contributed by atoms with Crippen molar-refractivity contribution in [2.45, 2.75) is 26.3 Å². The summed E-state index contributed by atoms with van der Waals surface area (Å²) < 4.78 is 25.9. The van der Waals surface area contributed by atoms with Gasteiger partial charge in [0.05, 0.1) is 5.69 Å². The standard InChI is InChI=1S/C13H13F2N3O2/c1-8-3-2-4-9(5-8)6-10-12(13(19)20)16-17-18(10)7-11(14)15/h2-5,11H,6-7H2,1H3,(H,19,20). The second-order valence-corrected chi connectivity index (χ2v) is 4.43. The van der Waals surface area contributed by atoms with E-state index in [-0.39, 0.29) is 17.8 Å². The van der Waals surface area contributed by atoms with E-state index >= 15 is 0 Å². The SMILES string of the molecule is Cc1cccc(Cc2c(C(=O)O)nnn2CC(F)F)c1. The molecule has 0 saturated carbocycles. The maximum atomic E-state index is 12.5. The van der Waals surface area contributed by atoms with E-state index in [1.807, 2.05) is 25.1 Å². The molecule has 106 valence electrons. The molecule has 1 aromatic carbocycles. The van der Waals surface area contributed by atoms with Crippen molar-refractivity contribution in [2.24, 2.45) is 0 Å². The molecule has 0 aliphatic carbocycles. The van der Waals surface area contributed by atoms with Crippen molar-refractivity contribution in [1.82, 2.24) is 15.0 Å². The van der Waals surface area contributed by atoms with Gasteiger partial charge in [-0.1, -0.05) is 35.0 Å². The van der Waals surface area contributed by atoms with E-state index in [1.165, 1.54) is 0 Å². The first kappa shape index (κ1) is 14.1. The fourth-order valence-corrected chi connectivity index (χ4v) is 1.97. The van der Waals surface area contributed by atoms with Gasteiger partial charge < -0.3 is 5.11 Å². The Hall–Kier alpha value is -2.31. The number of aromatic nitrogens is 3. The van der Waals surface area contributed by atoms with Crippen molar-refractivity contribution in [3.05, 3.63) is 46.8 Å². The zero-order chi connectivity index (χ0) is 14.7. The van der Waals surface area contributed by atoms with Crippen LogP contribution in [0.4, 0.5) is 8.78 Å². The first-order valence-corrected chi connectivity index (χ1v) is 5.96. The smallest absolute Gasteiger partial charge is 0.358 e. The number of benzene rings is 1. The van der Waals surface area contributed by atoms with Crippen LogP contribution in [0.5, 0.6) is 0 Å². The molecule has 20 heavy (non-hydrogen) atoms. The van der Waals surface area contributed by atoms with Gasteiger partial charge in [-0.25, -0.2) is 18.3 Å². The number of aromatic carboxylic acids is 1. The predicted octanol–water partition coefficient (Wildman–Crippen LogP) is 2.14. The van der Waals surface area contributed by atoms with Gasteiger partial charge in [0, 0.05) is 6.42 Å². The summed E-state index contributed by atoms with van der Waals surface area (Å²) in [5, 5.41) is 16.0. The molecular weight excluding hydrogens is 268 g/mol. The Morgan fingerprint density at radius 3 is 2.80 bits per heavy atom. The Morgan fingerprint density at radius 1 is 1.45 bits per heavy atom. The number of halogens is 2. The van der Waals surface area contributed by atoms with Gasteiger partial charge in [-0.15, -0.1) is 5.10 Å². The fraction of sp³-hybridized carbons (Fsp3) is 0.308. The molecule has 0 aliphatic heterocycles. The van der Waals surface area contributed by atoms with E-state index in [0.717, 1.165) is 15.8 Å². The molecule has 1 N–H and O–H groups in total. The second-order valence-electron chi connectivity index (χ2n) is 4.43. The molecule has 1 heterocycles. The Kier molecular flexibility index (Phi) is 4.07. The summed E-state index contributed by atoms with van der Waals surface area (Å²) in [6.07, 6.45) is -2.42. The Balaban J connectivity index is 2.37. The van der Waals surface area contributed by atoms with Crippen molar-refractivity contribution in [3.63, 3.8) is 0 Å². The number of alkyl halides is 2. The monoisotopic (exact) mass is 281 g/mol. The summed E-state index contributed by atoms with van der Waals surface area (Å²) >= 11 is 0. The van der Waals surface area contributed by atoms with E-state index < -0.39 is 18.9 Å². The summed E-state index contributed by atoms with van der Waals surface area (Å²) in [6, 6.07) is 7.40. The lowest BCUT2D eigenvalue weighted by molar-refractivity contribution is 0.0688. The molecule has 0 atom stereocenters. The van der Waals surface area contributed by atoms with Crippen LogP contribution in [0.15, 0.2) is 24.3 Å². The van der Waals surface area contributed by atoms with Crippen LogP contribution in [0.1, 0.15) is 27.3 Å². The van der Waals surface area contributed by atoms with Gasteiger partial charge in [-0.2, -0.15) is 0 Å². The lowest BCUT2D eigenvalue weighted by atomic mass is 10.1. The van der Waals surface area contributed by atoms with Gasteiger partial charge in [-0.3, -0.25) is 0 Å². The van der Waals surface area contributed by atoms with Crippen LogP contribution in [0.25, 0.3) is 0 Å². The fourth-order valence-electron chi connectivity index (χ4n) is 1.97. The van der Waals surface area contributed by atoms with Gasteiger partial charge >= 0.3 is 5.97 Å². The minimum Gasteiger partial charge on any atom is -0.476 e. The number of aryl methyl sites for hydroxylation is 1. The Bertz CT molecular complexity index is 626. The highest BCUT2D eigenvalue weighted by atomic mass is 19.3. The van der Waals surface area contributed by atoms with E-state index in [4.69, 9.17) is 5.11 Å². The summed E-state index contributed by atoms with van der Waals surface area (Å²) in [5.41, 5.74) is 1.73. The van der Waals surface area contributed by atoms with Crippen LogP contribution in [0, 0.1) is 6.92 Å². The first-order chi connectivity index (χ1) is 9.47. The maximum Gasteiger partial charge on any atom is 0.358 e. The second kappa shape index (κ2) is 5.77. The molecule has 5 nitrogen and oxygen atoms in total. The molecule has 2 rings (SSSR count). The van der Waals surface area contributed by atoms with Crippen LogP contribution in [0.3, 0.4) is 0 Å². The third-order valence-corrected chi connectivity index (χ3v) is 2.81. The number of rotatable bonds is 5. The summed E-state index contributed by atoms with van der Waals surface area (Å²) in [6.45, 7) is 1.23. The van der Waals surface area contributed by atoms with Crippen molar-refractivity contribution in [1.29, 1.82) is 0 Å². The Labute approximate surface area is 113 Å². The minimum absolute atomic E-state index is 0.184.